The monoisotopic (exact) mass is 297 g/mol. The van der Waals surface area contributed by atoms with Crippen molar-refractivity contribution in [1.82, 2.24) is 15.5 Å². The van der Waals surface area contributed by atoms with Crippen LogP contribution in [0.3, 0.4) is 0 Å². The molecule has 1 N–H and O–H groups in total. The molecule has 1 heterocycles. The number of nitrogens with zero attached hydrogens (tertiary/aromatic N) is 2. The summed E-state index contributed by atoms with van der Waals surface area (Å²) in [4.78, 5) is 0. The van der Waals surface area contributed by atoms with Crippen molar-refractivity contribution < 1.29 is 8.78 Å². The first-order chi connectivity index (χ1) is 9.69. The highest BCUT2D eigenvalue weighted by Crippen LogP contribution is 2.17. The zero-order chi connectivity index (χ0) is 14.4. The van der Waals surface area contributed by atoms with Gasteiger partial charge in [-0.3, -0.25) is 0 Å². The summed E-state index contributed by atoms with van der Waals surface area (Å²) in [5, 5.41) is 13.1. The third-order valence-electron chi connectivity index (χ3n) is 2.81. The Hall–Kier alpha value is -1.40. The summed E-state index contributed by atoms with van der Waals surface area (Å²) >= 11 is 1.48. The molecule has 0 saturated carbocycles. The number of rotatable bonds is 7. The van der Waals surface area contributed by atoms with Gasteiger partial charge in [0.15, 0.2) is 0 Å². The van der Waals surface area contributed by atoms with E-state index >= 15 is 0 Å². The Balaban J connectivity index is 1.92. The average Bonchev–Trinajstić information content (AvgIpc) is 2.86. The number of nitrogens with one attached hydrogen (secondary N) is 1. The molecule has 0 saturated heterocycles. The van der Waals surface area contributed by atoms with Crippen LogP contribution in [-0.4, -0.2) is 23.3 Å². The third-order valence-corrected chi connectivity index (χ3v) is 3.79. The molecule has 6 heteroatoms. The van der Waals surface area contributed by atoms with E-state index in [1.807, 2.05) is 0 Å². The minimum atomic E-state index is -0.564. The van der Waals surface area contributed by atoms with Gasteiger partial charge in [-0.2, -0.15) is 0 Å². The SMILES string of the molecule is CCCNCCc1nnc(Cc2ccc(F)cc2F)s1. The average molecular weight is 297 g/mol. The fourth-order valence-corrected chi connectivity index (χ4v) is 2.65. The molecule has 0 aliphatic rings. The normalized spacial score (nSPS) is 10.9. The molecule has 1 aromatic heterocycles. The van der Waals surface area contributed by atoms with Crippen molar-refractivity contribution in [2.75, 3.05) is 13.1 Å². The van der Waals surface area contributed by atoms with Gasteiger partial charge < -0.3 is 5.32 Å². The van der Waals surface area contributed by atoms with Crippen molar-refractivity contribution in [2.24, 2.45) is 0 Å². The topological polar surface area (TPSA) is 37.8 Å². The molecule has 108 valence electrons. The predicted molar refractivity (Wildman–Crippen MR) is 75.9 cm³/mol. The van der Waals surface area contributed by atoms with Crippen molar-refractivity contribution >= 4 is 11.3 Å². The van der Waals surface area contributed by atoms with E-state index < -0.39 is 11.6 Å². The molecule has 0 fully saturated rings. The second-order valence-electron chi connectivity index (χ2n) is 4.50. The van der Waals surface area contributed by atoms with Gasteiger partial charge in [0.05, 0.1) is 0 Å². The van der Waals surface area contributed by atoms with Gasteiger partial charge in [-0.15, -0.1) is 21.5 Å². The maximum atomic E-state index is 13.5. The second-order valence-corrected chi connectivity index (χ2v) is 5.65. The number of benzene rings is 1. The molecule has 0 atom stereocenters. The molecule has 1 aromatic carbocycles. The van der Waals surface area contributed by atoms with Crippen LogP contribution >= 0.6 is 11.3 Å². The fourth-order valence-electron chi connectivity index (χ4n) is 1.79. The first kappa shape index (κ1) is 15.0. The number of aromatic nitrogens is 2. The quantitative estimate of drug-likeness (QED) is 0.799. The Kier molecular flexibility index (Phi) is 5.55. The molecule has 0 aliphatic heterocycles. The summed E-state index contributed by atoms with van der Waals surface area (Å²) in [7, 11) is 0. The first-order valence-electron chi connectivity index (χ1n) is 6.65. The van der Waals surface area contributed by atoms with Crippen LogP contribution in [0.2, 0.25) is 0 Å². The molecule has 2 aromatic rings. The first-order valence-corrected chi connectivity index (χ1v) is 7.46. The van der Waals surface area contributed by atoms with Crippen LogP contribution in [0.1, 0.15) is 28.9 Å². The Labute approximate surface area is 121 Å². The molecule has 0 spiro atoms. The number of hydrogen-bond donors (Lipinski definition) is 1. The van der Waals surface area contributed by atoms with E-state index in [0.717, 1.165) is 42.0 Å². The van der Waals surface area contributed by atoms with Crippen LogP contribution in [0.5, 0.6) is 0 Å². The largest absolute Gasteiger partial charge is 0.316 e. The van der Waals surface area contributed by atoms with Gasteiger partial charge in [-0.25, -0.2) is 8.78 Å². The summed E-state index contributed by atoms with van der Waals surface area (Å²) in [6, 6.07) is 3.61. The van der Waals surface area contributed by atoms with Crippen LogP contribution < -0.4 is 5.32 Å². The van der Waals surface area contributed by atoms with E-state index in [1.54, 1.807) is 0 Å². The van der Waals surface area contributed by atoms with E-state index in [-0.39, 0.29) is 0 Å². The maximum absolute atomic E-state index is 13.5. The van der Waals surface area contributed by atoms with Gasteiger partial charge in [0.2, 0.25) is 0 Å². The van der Waals surface area contributed by atoms with Crippen LogP contribution in [0.25, 0.3) is 0 Å². The maximum Gasteiger partial charge on any atom is 0.129 e. The lowest BCUT2D eigenvalue weighted by Gasteiger charge is -2.00. The summed E-state index contributed by atoms with van der Waals surface area (Å²) < 4.78 is 26.4. The Morgan fingerprint density at radius 2 is 1.95 bits per heavy atom. The van der Waals surface area contributed by atoms with E-state index in [0.29, 0.717) is 12.0 Å². The molecule has 0 unspecified atom stereocenters. The zero-order valence-corrected chi connectivity index (χ0v) is 12.1. The van der Waals surface area contributed by atoms with E-state index in [9.17, 15) is 8.78 Å². The highest BCUT2D eigenvalue weighted by Gasteiger charge is 2.09. The van der Waals surface area contributed by atoms with Crippen LogP contribution in [0.4, 0.5) is 8.78 Å². The van der Waals surface area contributed by atoms with Gasteiger partial charge in [0, 0.05) is 25.5 Å². The van der Waals surface area contributed by atoms with Gasteiger partial charge in [0.25, 0.3) is 0 Å². The lowest BCUT2D eigenvalue weighted by atomic mass is 10.1. The zero-order valence-electron chi connectivity index (χ0n) is 11.3. The molecule has 0 radical (unpaired) electrons. The van der Waals surface area contributed by atoms with Gasteiger partial charge in [-0.05, 0) is 24.6 Å². The van der Waals surface area contributed by atoms with Crippen molar-refractivity contribution in [1.29, 1.82) is 0 Å². The van der Waals surface area contributed by atoms with Gasteiger partial charge in [0.1, 0.15) is 21.6 Å². The lowest BCUT2D eigenvalue weighted by Crippen LogP contribution is -2.17. The Morgan fingerprint density at radius 3 is 2.70 bits per heavy atom. The lowest BCUT2D eigenvalue weighted by molar-refractivity contribution is 0.574. The van der Waals surface area contributed by atoms with Crippen molar-refractivity contribution in [3.63, 3.8) is 0 Å². The molecular weight excluding hydrogens is 280 g/mol. The van der Waals surface area contributed by atoms with E-state index in [4.69, 9.17) is 0 Å². The summed E-state index contributed by atoms with van der Waals surface area (Å²) in [6.45, 7) is 3.98. The summed E-state index contributed by atoms with van der Waals surface area (Å²) in [6.07, 6.45) is 2.28. The van der Waals surface area contributed by atoms with Crippen molar-refractivity contribution in [3.8, 4) is 0 Å². The van der Waals surface area contributed by atoms with Crippen molar-refractivity contribution in [3.05, 3.63) is 45.4 Å². The van der Waals surface area contributed by atoms with Crippen LogP contribution in [0, 0.1) is 11.6 Å². The molecular formula is C14H17F2N3S. The second kappa shape index (κ2) is 7.40. The Bertz CT molecular complexity index is 557. The minimum Gasteiger partial charge on any atom is -0.316 e. The highest BCUT2D eigenvalue weighted by atomic mass is 32.1. The smallest absolute Gasteiger partial charge is 0.129 e. The molecule has 3 nitrogen and oxygen atoms in total. The van der Waals surface area contributed by atoms with Crippen LogP contribution in [-0.2, 0) is 12.8 Å². The van der Waals surface area contributed by atoms with Crippen molar-refractivity contribution in [2.45, 2.75) is 26.2 Å². The van der Waals surface area contributed by atoms with E-state index in [1.165, 1.54) is 23.5 Å². The molecule has 0 aliphatic carbocycles. The minimum absolute atomic E-state index is 0.353. The summed E-state index contributed by atoms with van der Waals surface area (Å²) in [5.74, 6) is -1.10. The third kappa shape index (κ3) is 4.31. The summed E-state index contributed by atoms with van der Waals surface area (Å²) in [5.41, 5.74) is 0.443. The highest BCUT2D eigenvalue weighted by molar-refractivity contribution is 7.11. The van der Waals surface area contributed by atoms with Gasteiger partial charge >= 0.3 is 0 Å². The molecule has 20 heavy (non-hydrogen) atoms. The fraction of sp³-hybridized carbons (Fsp3) is 0.429. The van der Waals surface area contributed by atoms with E-state index in [2.05, 4.69) is 22.4 Å². The Morgan fingerprint density at radius 1 is 1.15 bits per heavy atom. The van der Waals surface area contributed by atoms with Gasteiger partial charge in [-0.1, -0.05) is 13.0 Å². The standard InChI is InChI=1S/C14H17F2N3S/c1-2-6-17-7-5-13-18-19-14(20-13)8-10-3-4-11(15)9-12(10)16/h3-4,9,17H,2,5-8H2,1H3. The van der Waals surface area contributed by atoms with Crippen LogP contribution in [0.15, 0.2) is 18.2 Å². The number of halogens is 2. The molecule has 0 amide bonds. The molecule has 2 rings (SSSR count). The molecule has 0 bridgehead atoms. The number of hydrogen-bond acceptors (Lipinski definition) is 4. The predicted octanol–water partition coefficient (Wildman–Crippen LogP) is 2.95.